The summed E-state index contributed by atoms with van der Waals surface area (Å²) in [4.78, 5) is 35.1. The Morgan fingerprint density at radius 2 is 1.64 bits per heavy atom. The van der Waals surface area contributed by atoms with Gasteiger partial charge in [0.25, 0.3) is 11.8 Å². The molecular formula is C18H20N4O2S. The maximum Gasteiger partial charge on any atom is 0.261 e. The Hall–Kier alpha value is -2.25. The van der Waals surface area contributed by atoms with Gasteiger partial charge in [-0.15, -0.1) is 11.3 Å². The molecule has 2 aliphatic heterocycles. The van der Waals surface area contributed by atoms with E-state index in [0.717, 1.165) is 44.3 Å². The summed E-state index contributed by atoms with van der Waals surface area (Å²) < 4.78 is 0. The maximum atomic E-state index is 12.3. The van der Waals surface area contributed by atoms with E-state index < -0.39 is 0 Å². The second-order valence-corrected chi connectivity index (χ2v) is 7.18. The van der Waals surface area contributed by atoms with Gasteiger partial charge < -0.3 is 4.90 Å². The van der Waals surface area contributed by atoms with Gasteiger partial charge in [0.2, 0.25) is 0 Å². The van der Waals surface area contributed by atoms with Gasteiger partial charge in [0.05, 0.1) is 11.1 Å². The average Bonchev–Trinajstić information content (AvgIpc) is 3.26. The molecule has 25 heavy (non-hydrogen) atoms. The predicted octanol–water partition coefficient (Wildman–Crippen LogP) is 1.95. The second kappa shape index (κ2) is 6.93. The van der Waals surface area contributed by atoms with E-state index in [9.17, 15) is 9.59 Å². The van der Waals surface area contributed by atoms with Gasteiger partial charge >= 0.3 is 0 Å². The highest BCUT2D eigenvalue weighted by molar-refractivity contribution is 7.13. The molecular weight excluding hydrogens is 336 g/mol. The number of amides is 2. The Balaban J connectivity index is 1.26. The summed E-state index contributed by atoms with van der Waals surface area (Å²) >= 11 is 1.67. The maximum absolute atomic E-state index is 12.3. The topological polar surface area (TPSA) is 56.8 Å². The largest absolute Gasteiger partial charge is 0.346 e. The first-order chi connectivity index (χ1) is 12.2. The number of anilines is 1. The number of piperazine rings is 1. The highest BCUT2D eigenvalue weighted by Crippen LogP contribution is 2.23. The molecule has 1 saturated heterocycles. The molecule has 0 saturated carbocycles. The normalized spacial score (nSPS) is 18.1. The predicted molar refractivity (Wildman–Crippen MR) is 97.2 cm³/mol. The minimum absolute atomic E-state index is 0.158. The number of rotatable bonds is 5. The summed E-state index contributed by atoms with van der Waals surface area (Å²) in [6.07, 6.45) is 2.65. The molecule has 0 N–H and O–H groups in total. The molecule has 4 rings (SSSR count). The van der Waals surface area contributed by atoms with E-state index in [1.807, 2.05) is 11.6 Å². The van der Waals surface area contributed by atoms with Crippen LogP contribution >= 0.6 is 11.3 Å². The molecule has 6 nitrogen and oxygen atoms in total. The van der Waals surface area contributed by atoms with Gasteiger partial charge in [-0.1, -0.05) is 12.1 Å². The minimum Gasteiger partial charge on any atom is -0.346 e. The van der Waals surface area contributed by atoms with E-state index in [0.29, 0.717) is 17.7 Å². The molecule has 0 radical (unpaired) electrons. The molecule has 7 heteroatoms. The van der Waals surface area contributed by atoms with Gasteiger partial charge in [0.15, 0.2) is 5.13 Å². The number of aromatic nitrogens is 1. The Morgan fingerprint density at radius 1 is 0.960 bits per heavy atom. The van der Waals surface area contributed by atoms with Crippen LogP contribution in [0.25, 0.3) is 0 Å². The fraction of sp³-hybridized carbons (Fsp3) is 0.389. The standard InChI is InChI=1S/C18H20N4O2S/c23-16-14-4-1-2-5-15(14)17(24)22(16)8-3-7-20-9-11-21(12-10-20)18-19-6-13-25-18/h1-2,4-6,13H,3,7-12H2. The van der Waals surface area contributed by atoms with Crippen LogP contribution in [-0.4, -0.2) is 65.9 Å². The van der Waals surface area contributed by atoms with Gasteiger partial charge in [-0.3, -0.25) is 19.4 Å². The van der Waals surface area contributed by atoms with Gasteiger partial charge in [0, 0.05) is 44.3 Å². The van der Waals surface area contributed by atoms with Gasteiger partial charge in [0.1, 0.15) is 0 Å². The number of carbonyl (C=O) groups is 2. The molecule has 0 aliphatic carbocycles. The van der Waals surface area contributed by atoms with E-state index in [2.05, 4.69) is 14.8 Å². The van der Waals surface area contributed by atoms with Crippen LogP contribution in [0.5, 0.6) is 0 Å². The van der Waals surface area contributed by atoms with Crippen LogP contribution in [0.4, 0.5) is 5.13 Å². The molecule has 0 spiro atoms. The summed E-state index contributed by atoms with van der Waals surface area (Å²) in [7, 11) is 0. The number of imide groups is 1. The molecule has 3 heterocycles. The Morgan fingerprint density at radius 3 is 2.24 bits per heavy atom. The van der Waals surface area contributed by atoms with Gasteiger partial charge in [-0.25, -0.2) is 4.98 Å². The molecule has 0 bridgehead atoms. The van der Waals surface area contributed by atoms with Crippen molar-refractivity contribution in [2.75, 3.05) is 44.2 Å². The number of fused-ring (bicyclic) bond motifs is 1. The Kier molecular flexibility index (Phi) is 4.50. The number of carbonyl (C=O) groups excluding carboxylic acids is 2. The number of thiazole rings is 1. The average molecular weight is 356 g/mol. The number of hydrogen-bond acceptors (Lipinski definition) is 6. The zero-order valence-corrected chi connectivity index (χ0v) is 14.7. The van der Waals surface area contributed by atoms with Crippen molar-refractivity contribution in [2.45, 2.75) is 6.42 Å². The fourth-order valence-electron chi connectivity index (χ4n) is 3.43. The zero-order valence-electron chi connectivity index (χ0n) is 13.9. The molecule has 0 atom stereocenters. The van der Waals surface area contributed by atoms with Crippen molar-refractivity contribution < 1.29 is 9.59 Å². The van der Waals surface area contributed by atoms with E-state index in [-0.39, 0.29) is 11.8 Å². The highest BCUT2D eigenvalue weighted by Gasteiger charge is 2.34. The summed E-state index contributed by atoms with van der Waals surface area (Å²) in [5.41, 5.74) is 1.06. The van der Waals surface area contributed by atoms with Crippen LogP contribution in [0.1, 0.15) is 27.1 Å². The first-order valence-corrected chi connectivity index (χ1v) is 9.44. The van der Waals surface area contributed by atoms with E-state index in [1.54, 1.807) is 35.6 Å². The molecule has 2 aromatic rings. The summed E-state index contributed by atoms with van der Waals surface area (Å²) in [5.74, 6) is -0.316. The third-order valence-electron chi connectivity index (χ3n) is 4.80. The lowest BCUT2D eigenvalue weighted by Crippen LogP contribution is -2.47. The quantitative estimate of drug-likeness (QED) is 0.767. The Labute approximate surface area is 150 Å². The van der Waals surface area contributed by atoms with Crippen molar-refractivity contribution in [2.24, 2.45) is 0 Å². The van der Waals surface area contributed by atoms with Gasteiger partial charge in [-0.05, 0) is 25.1 Å². The van der Waals surface area contributed by atoms with Crippen LogP contribution in [0.2, 0.25) is 0 Å². The zero-order chi connectivity index (χ0) is 17.2. The van der Waals surface area contributed by atoms with Crippen LogP contribution in [-0.2, 0) is 0 Å². The molecule has 0 unspecified atom stereocenters. The smallest absolute Gasteiger partial charge is 0.261 e. The minimum atomic E-state index is -0.158. The van der Waals surface area contributed by atoms with Crippen molar-refractivity contribution in [1.29, 1.82) is 0 Å². The van der Waals surface area contributed by atoms with Crippen molar-refractivity contribution >= 4 is 28.3 Å². The van der Waals surface area contributed by atoms with E-state index in [1.165, 1.54) is 4.90 Å². The van der Waals surface area contributed by atoms with E-state index >= 15 is 0 Å². The second-order valence-electron chi connectivity index (χ2n) is 6.30. The van der Waals surface area contributed by atoms with Crippen LogP contribution < -0.4 is 4.90 Å². The lowest BCUT2D eigenvalue weighted by Gasteiger charge is -2.34. The first kappa shape index (κ1) is 16.2. The first-order valence-electron chi connectivity index (χ1n) is 8.56. The molecule has 130 valence electrons. The van der Waals surface area contributed by atoms with E-state index in [4.69, 9.17) is 0 Å². The fourth-order valence-corrected chi connectivity index (χ4v) is 4.13. The molecule has 2 amide bonds. The monoisotopic (exact) mass is 356 g/mol. The third kappa shape index (κ3) is 3.17. The lowest BCUT2D eigenvalue weighted by atomic mass is 10.1. The number of nitrogens with zero attached hydrogens (tertiary/aromatic N) is 4. The molecule has 1 aromatic heterocycles. The van der Waals surface area contributed by atoms with Crippen molar-refractivity contribution in [3.8, 4) is 0 Å². The summed E-state index contributed by atoms with van der Waals surface area (Å²) in [6.45, 7) is 5.31. The van der Waals surface area contributed by atoms with Crippen LogP contribution in [0.3, 0.4) is 0 Å². The highest BCUT2D eigenvalue weighted by atomic mass is 32.1. The van der Waals surface area contributed by atoms with Gasteiger partial charge in [-0.2, -0.15) is 0 Å². The lowest BCUT2D eigenvalue weighted by molar-refractivity contribution is 0.0647. The van der Waals surface area contributed by atoms with Crippen molar-refractivity contribution in [1.82, 2.24) is 14.8 Å². The third-order valence-corrected chi connectivity index (χ3v) is 5.63. The SMILES string of the molecule is O=C1c2ccccc2C(=O)N1CCCN1CCN(c2nccs2)CC1. The molecule has 1 aromatic carbocycles. The summed E-state index contributed by atoms with van der Waals surface area (Å²) in [5, 5.41) is 3.09. The van der Waals surface area contributed by atoms with Crippen molar-refractivity contribution in [3.63, 3.8) is 0 Å². The summed E-state index contributed by atoms with van der Waals surface area (Å²) in [6, 6.07) is 7.06. The molecule has 2 aliphatic rings. The number of benzene rings is 1. The molecule has 1 fully saturated rings. The Bertz CT molecular complexity index is 734. The number of hydrogen-bond donors (Lipinski definition) is 0. The van der Waals surface area contributed by atoms with Crippen LogP contribution in [0, 0.1) is 0 Å². The van der Waals surface area contributed by atoms with Crippen molar-refractivity contribution in [3.05, 3.63) is 47.0 Å². The van der Waals surface area contributed by atoms with Crippen LogP contribution in [0.15, 0.2) is 35.8 Å².